The van der Waals surface area contributed by atoms with Gasteiger partial charge in [0, 0.05) is 11.1 Å². The quantitative estimate of drug-likeness (QED) is 0.796. The molecule has 0 radical (unpaired) electrons. The molecule has 4 rings (SSSR count). The lowest BCUT2D eigenvalue weighted by Gasteiger charge is -2.43. The number of amides is 1. The van der Waals surface area contributed by atoms with Gasteiger partial charge in [-0.05, 0) is 62.9 Å². The first-order valence-corrected chi connectivity index (χ1v) is 9.22. The van der Waals surface area contributed by atoms with Crippen LogP contribution in [0.5, 0.6) is 5.75 Å². The summed E-state index contributed by atoms with van der Waals surface area (Å²) in [4.78, 5) is 19.9. The average molecular weight is 348 g/mol. The van der Waals surface area contributed by atoms with Crippen molar-refractivity contribution in [3.8, 4) is 5.75 Å². The van der Waals surface area contributed by atoms with Crippen molar-refractivity contribution in [2.24, 2.45) is 4.99 Å². The molecule has 0 spiro atoms. The molecule has 0 N–H and O–H groups in total. The van der Waals surface area contributed by atoms with Gasteiger partial charge in [-0.1, -0.05) is 25.1 Å². The smallest absolute Gasteiger partial charge is 0.278 e. The maximum Gasteiger partial charge on any atom is 0.278 e. The topological polar surface area (TPSA) is 41.9 Å². The molecule has 0 fully saturated rings. The van der Waals surface area contributed by atoms with Crippen LogP contribution in [-0.2, 0) is 4.79 Å². The zero-order chi connectivity index (χ0) is 18.5. The van der Waals surface area contributed by atoms with Crippen LogP contribution in [0.4, 0.5) is 11.4 Å². The molecule has 0 aromatic heterocycles. The van der Waals surface area contributed by atoms with Crippen molar-refractivity contribution >= 4 is 23.0 Å². The summed E-state index contributed by atoms with van der Waals surface area (Å²) in [5, 5.41) is 0. The summed E-state index contributed by atoms with van der Waals surface area (Å²) in [5.74, 6) is 1.23. The van der Waals surface area contributed by atoms with Gasteiger partial charge in [-0.25, -0.2) is 4.99 Å². The van der Waals surface area contributed by atoms with Crippen molar-refractivity contribution in [3.05, 3.63) is 53.6 Å². The minimum atomic E-state index is -0.213. The van der Waals surface area contributed by atoms with E-state index < -0.39 is 0 Å². The first-order chi connectivity index (χ1) is 12.4. The first kappa shape index (κ1) is 16.8. The summed E-state index contributed by atoms with van der Waals surface area (Å²) in [6, 6.07) is 13.8. The zero-order valence-electron chi connectivity index (χ0n) is 15.7. The number of nitrogens with zero attached hydrogens (tertiary/aromatic N) is 2. The molecule has 1 amide bonds. The number of para-hydroxylation sites is 1. The van der Waals surface area contributed by atoms with Gasteiger partial charge in [0.25, 0.3) is 5.91 Å². The first-order valence-electron chi connectivity index (χ1n) is 9.22. The van der Waals surface area contributed by atoms with Crippen LogP contribution in [0.15, 0.2) is 47.5 Å². The van der Waals surface area contributed by atoms with Gasteiger partial charge < -0.3 is 9.64 Å². The van der Waals surface area contributed by atoms with E-state index in [0.29, 0.717) is 18.2 Å². The van der Waals surface area contributed by atoms with Crippen LogP contribution in [0.1, 0.15) is 51.2 Å². The summed E-state index contributed by atoms with van der Waals surface area (Å²) < 4.78 is 5.48. The Labute approximate surface area is 154 Å². The summed E-state index contributed by atoms with van der Waals surface area (Å²) in [6.45, 7) is 9.10. The van der Waals surface area contributed by atoms with E-state index in [0.717, 1.165) is 29.1 Å². The fourth-order valence-electron chi connectivity index (χ4n) is 4.27. The zero-order valence-corrected chi connectivity index (χ0v) is 15.7. The second-order valence-electron chi connectivity index (χ2n) is 7.69. The number of carbonyl (C=O) groups is 1. The maximum atomic E-state index is 13.2. The van der Waals surface area contributed by atoms with Crippen LogP contribution in [0.25, 0.3) is 0 Å². The minimum Gasteiger partial charge on any atom is -0.494 e. The molecule has 0 saturated heterocycles. The van der Waals surface area contributed by atoms with Crippen molar-refractivity contribution < 1.29 is 9.53 Å². The molecule has 2 aromatic carbocycles. The lowest BCUT2D eigenvalue weighted by molar-refractivity contribution is -0.113. The van der Waals surface area contributed by atoms with Gasteiger partial charge in [0.2, 0.25) is 0 Å². The number of carbonyl (C=O) groups excluding carboxylic acids is 1. The predicted molar refractivity (Wildman–Crippen MR) is 105 cm³/mol. The van der Waals surface area contributed by atoms with Gasteiger partial charge in [-0.2, -0.15) is 0 Å². The number of benzene rings is 2. The molecule has 2 heterocycles. The number of hydrogen-bond acceptors (Lipinski definition) is 3. The third kappa shape index (κ3) is 2.52. The Morgan fingerprint density at radius 2 is 1.92 bits per heavy atom. The highest BCUT2D eigenvalue weighted by Crippen LogP contribution is 2.48. The molecule has 0 unspecified atom stereocenters. The Balaban J connectivity index is 1.82. The van der Waals surface area contributed by atoms with E-state index in [1.54, 1.807) is 0 Å². The van der Waals surface area contributed by atoms with Crippen LogP contribution in [0.3, 0.4) is 0 Å². The Bertz CT molecular complexity index is 897. The molecule has 134 valence electrons. The number of ether oxygens (including phenoxy) is 1. The molecule has 2 aromatic rings. The van der Waals surface area contributed by atoms with Crippen molar-refractivity contribution in [2.45, 2.75) is 45.6 Å². The van der Waals surface area contributed by atoms with Crippen molar-refractivity contribution in [1.29, 1.82) is 0 Å². The fourth-order valence-corrected chi connectivity index (χ4v) is 4.27. The van der Waals surface area contributed by atoms with Crippen LogP contribution in [-0.4, -0.2) is 23.8 Å². The van der Waals surface area contributed by atoms with E-state index in [-0.39, 0.29) is 11.4 Å². The SMILES string of the molecule is CCOc1ccc(N=C2C(=O)N3c4c2cccc4[C@H](C)CC3(C)C)cc1. The summed E-state index contributed by atoms with van der Waals surface area (Å²) in [7, 11) is 0. The maximum absolute atomic E-state index is 13.2. The molecular weight excluding hydrogens is 324 g/mol. The third-order valence-electron chi connectivity index (χ3n) is 5.28. The number of hydrogen-bond donors (Lipinski definition) is 0. The average Bonchev–Trinajstić information content (AvgIpc) is 2.88. The molecule has 0 aliphatic carbocycles. The molecule has 2 aliphatic rings. The monoisotopic (exact) mass is 348 g/mol. The molecule has 4 nitrogen and oxygen atoms in total. The summed E-state index contributed by atoms with van der Waals surface area (Å²) in [5.41, 5.74) is 4.32. The van der Waals surface area contributed by atoms with Crippen LogP contribution >= 0.6 is 0 Å². The van der Waals surface area contributed by atoms with E-state index >= 15 is 0 Å². The van der Waals surface area contributed by atoms with E-state index in [9.17, 15) is 4.79 Å². The Morgan fingerprint density at radius 1 is 1.19 bits per heavy atom. The van der Waals surface area contributed by atoms with Gasteiger partial charge >= 0.3 is 0 Å². The predicted octanol–water partition coefficient (Wildman–Crippen LogP) is 4.84. The van der Waals surface area contributed by atoms with Gasteiger partial charge in [-0.3, -0.25) is 4.79 Å². The largest absolute Gasteiger partial charge is 0.494 e. The van der Waals surface area contributed by atoms with E-state index in [4.69, 9.17) is 9.73 Å². The highest BCUT2D eigenvalue weighted by molar-refractivity contribution is 6.55. The number of rotatable bonds is 3. The normalized spacial score (nSPS) is 21.8. The van der Waals surface area contributed by atoms with Crippen LogP contribution < -0.4 is 9.64 Å². The standard InChI is InChI=1S/C22H24N2O2/c1-5-26-16-11-9-15(10-12-16)23-19-18-8-6-7-17-14(2)13-22(3,4)24(20(17)18)21(19)25/h6-12,14H,5,13H2,1-4H3/t14-/m1/s1. The highest BCUT2D eigenvalue weighted by atomic mass is 16.5. The molecule has 0 bridgehead atoms. The van der Waals surface area contributed by atoms with Crippen molar-refractivity contribution in [1.82, 2.24) is 0 Å². The van der Waals surface area contributed by atoms with E-state index in [1.165, 1.54) is 5.56 Å². The van der Waals surface area contributed by atoms with Crippen molar-refractivity contribution in [3.63, 3.8) is 0 Å². The molecule has 2 aliphatic heterocycles. The highest BCUT2D eigenvalue weighted by Gasteiger charge is 2.47. The molecular formula is C22H24N2O2. The lowest BCUT2D eigenvalue weighted by atomic mass is 9.80. The number of aliphatic imine (C=N–C) groups is 1. The fraction of sp³-hybridized carbons (Fsp3) is 0.364. The summed E-state index contributed by atoms with van der Waals surface area (Å²) >= 11 is 0. The minimum absolute atomic E-state index is 0.00163. The Kier molecular flexibility index (Phi) is 3.87. The Morgan fingerprint density at radius 3 is 2.62 bits per heavy atom. The molecule has 4 heteroatoms. The van der Waals surface area contributed by atoms with Gasteiger partial charge in [0.05, 0.1) is 18.0 Å². The van der Waals surface area contributed by atoms with Gasteiger partial charge in [0.15, 0.2) is 0 Å². The molecule has 0 saturated carbocycles. The van der Waals surface area contributed by atoms with Gasteiger partial charge in [0.1, 0.15) is 11.5 Å². The molecule has 26 heavy (non-hydrogen) atoms. The van der Waals surface area contributed by atoms with Crippen molar-refractivity contribution in [2.75, 3.05) is 11.5 Å². The van der Waals surface area contributed by atoms with E-state index in [2.05, 4.69) is 26.8 Å². The van der Waals surface area contributed by atoms with Crippen LogP contribution in [0.2, 0.25) is 0 Å². The molecule has 1 atom stereocenters. The van der Waals surface area contributed by atoms with Gasteiger partial charge in [-0.15, -0.1) is 0 Å². The Hall–Kier alpha value is -2.62. The lowest BCUT2D eigenvalue weighted by Crippen LogP contribution is -2.50. The summed E-state index contributed by atoms with van der Waals surface area (Å²) in [6.07, 6.45) is 0.950. The van der Waals surface area contributed by atoms with Crippen LogP contribution in [0, 0.1) is 0 Å². The second kappa shape index (κ2) is 5.97. The van der Waals surface area contributed by atoms with E-state index in [1.807, 2.05) is 48.2 Å². The third-order valence-corrected chi connectivity index (χ3v) is 5.28. The second-order valence-corrected chi connectivity index (χ2v) is 7.69. The number of anilines is 1.